The lowest BCUT2D eigenvalue weighted by Crippen LogP contribution is -2.14. The fourth-order valence-corrected chi connectivity index (χ4v) is 2.46. The number of carbonyl (C=O) groups is 1. The summed E-state index contributed by atoms with van der Waals surface area (Å²) in [5, 5.41) is 13.8. The minimum Gasteiger partial charge on any atom is -0.494 e. The molecule has 0 atom stereocenters. The number of non-ortho nitro benzene ring substituents is 1. The van der Waals surface area contributed by atoms with E-state index in [1.54, 1.807) is 31.2 Å². The summed E-state index contributed by atoms with van der Waals surface area (Å²) in [5.41, 5.74) is 2.56. The third-order valence-corrected chi connectivity index (χ3v) is 3.66. The van der Waals surface area contributed by atoms with Crippen LogP contribution in [0.3, 0.4) is 0 Å². The van der Waals surface area contributed by atoms with E-state index in [0.717, 1.165) is 5.56 Å². The van der Waals surface area contributed by atoms with Crippen molar-refractivity contribution < 1.29 is 14.5 Å². The first-order chi connectivity index (χ1) is 11.5. The van der Waals surface area contributed by atoms with Crippen LogP contribution in [0.15, 0.2) is 36.4 Å². The zero-order valence-electron chi connectivity index (χ0n) is 14.0. The number of ether oxygens (including phenoxy) is 1. The van der Waals surface area contributed by atoms with Gasteiger partial charge in [0.15, 0.2) is 0 Å². The molecule has 0 aliphatic carbocycles. The molecule has 0 spiro atoms. The Bertz CT molecular complexity index is 754. The molecule has 1 amide bonds. The fourth-order valence-electron chi connectivity index (χ4n) is 2.46. The predicted molar refractivity (Wildman–Crippen MR) is 92.8 cm³/mol. The molecule has 0 aromatic heterocycles. The third-order valence-electron chi connectivity index (χ3n) is 3.66. The average Bonchev–Trinajstić information content (AvgIpc) is 2.57. The van der Waals surface area contributed by atoms with Crippen LogP contribution in [0.2, 0.25) is 0 Å². The molecule has 0 fully saturated rings. The molecule has 0 aliphatic rings. The van der Waals surface area contributed by atoms with Crippen molar-refractivity contribution in [2.24, 2.45) is 0 Å². The minimum absolute atomic E-state index is 0.0309. The van der Waals surface area contributed by atoms with Crippen LogP contribution in [0.4, 0.5) is 11.4 Å². The molecule has 2 aromatic rings. The van der Waals surface area contributed by atoms with Gasteiger partial charge in [0.25, 0.3) is 11.6 Å². The standard InChI is InChI=1S/C18H20N2O4/c1-4-13-11-15(20(22)23)10-12(3)17(13)19-18(21)14-6-8-16(9-7-14)24-5-2/h6-11H,4-5H2,1-3H3,(H,19,21). The number of hydrogen-bond donors (Lipinski definition) is 1. The van der Waals surface area contributed by atoms with Gasteiger partial charge in [-0.2, -0.15) is 0 Å². The second kappa shape index (κ2) is 7.59. The van der Waals surface area contributed by atoms with Crippen molar-refractivity contribution in [3.63, 3.8) is 0 Å². The van der Waals surface area contributed by atoms with Gasteiger partial charge in [0.05, 0.1) is 11.5 Å². The number of hydrogen-bond acceptors (Lipinski definition) is 4. The Hall–Kier alpha value is -2.89. The highest BCUT2D eigenvalue weighted by atomic mass is 16.6. The van der Waals surface area contributed by atoms with E-state index in [1.807, 2.05) is 13.8 Å². The predicted octanol–water partition coefficient (Wildman–Crippen LogP) is 4.12. The number of nitrogens with one attached hydrogen (secondary N) is 1. The number of carbonyl (C=O) groups excluding carboxylic acids is 1. The summed E-state index contributed by atoms with van der Waals surface area (Å²) in [5.74, 6) is 0.444. The highest BCUT2D eigenvalue weighted by Gasteiger charge is 2.16. The minimum atomic E-state index is -0.426. The van der Waals surface area contributed by atoms with Crippen LogP contribution < -0.4 is 10.1 Å². The van der Waals surface area contributed by atoms with Crippen molar-refractivity contribution in [2.45, 2.75) is 27.2 Å². The van der Waals surface area contributed by atoms with Gasteiger partial charge < -0.3 is 10.1 Å². The Kier molecular flexibility index (Phi) is 5.52. The van der Waals surface area contributed by atoms with Crippen molar-refractivity contribution in [1.82, 2.24) is 0 Å². The lowest BCUT2D eigenvalue weighted by Gasteiger charge is -2.13. The quantitative estimate of drug-likeness (QED) is 0.639. The maximum atomic E-state index is 12.4. The number of benzene rings is 2. The molecule has 0 heterocycles. The molecule has 24 heavy (non-hydrogen) atoms. The highest BCUT2D eigenvalue weighted by Crippen LogP contribution is 2.28. The Labute approximate surface area is 140 Å². The molecule has 0 radical (unpaired) electrons. The highest BCUT2D eigenvalue weighted by molar-refractivity contribution is 6.05. The maximum absolute atomic E-state index is 12.4. The average molecular weight is 328 g/mol. The van der Waals surface area contributed by atoms with Crippen molar-refractivity contribution in [3.8, 4) is 5.75 Å². The van der Waals surface area contributed by atoms with E-state index >= 15 is 0 Å². The largest absolute Gasteiger partial charge is 0.494 e. The normalized spacial score (nSPS) is 10.3. The third kappa shape index (κ3) is 3.90. The Morgan fingerprint density at radius 2 is 1.88 bits per heavy atom. The summed E-state index contributed by atoms with van der Waals surface area (Å²) in [7, 11) is 0. The molecule has 1 N–H and O–H groups in total. The summed E-state index contributed by atoms with van der Waals surface area (Å²) in [6.07, 6.45) is 0.585. The van der Waals surface area contributed by atoms with Gasteiger partial charge in [-0.3, -0.25) is 14.9 Å². The molecule has 0 bridgehead atoms. The SMILES string of the molecule is CCOc1ccc(C(=O)Nc2c(C)cc([N+](=O)[O-])cc2CC)cc1. The number of nitro benzene ring substituents is 1. The summed E-state index contributed by atoms with van der Waals surface area (Å²) < 4.78 is 5.35. The topological polar surface area (TPSA) is 81.5 Å². The van der Waals surface area contributed by atoms with Crippen molar-refractivity contribution >= 4 is 17.3 Å². The van der Waals surface area contributed by atoms with Gasteiger partial charge in [-0.1, -0.05) is 6.92 Å². The molecule has 6 nitrogen and oxygen atoms in total. The van der Waals surface area contributed by atoms with Gasteiger partial charge >= 0.3 is 0 Å². The van der Waals surface area contributed by atoms with E-state index in [2.05, 4.69) is 5.32 Å². The van der Waals surface area contributed by atoms with Gasteiger partial charge in [0.2, 0.25) is 0 Å². The molecule has 2 rings (SSSR count). The number of nitrogens with zero attached hydrogens (tertiary/aromatic N) is 1. The molecule has 126 valence electrons. The first-order valence-corrected chi connectivity index (χ1v) is 7.78. The summed E-state index contributed by atoms with van der Waals surface area (Å²) in [6.45, 7) is 6.10. The van der Waals surface area contributed by atoms with E-state index in [1.165, 1.54) is 12.1 Å². The molecule has 2 aromatic carbocycles. The monoisotopic (exact) mass is 328 g/mol. The Balaban J connectivity index is 2.26. The van der Waals surface area contributed by atoms with Crippen molar-refractivity contribution in [1.29, 1.82) is 0 Å². The zero-order valence-corrected chi connectivity index (χ0v) is 14.0. The first-order valence-electron chi connectivity index (χ1n) is 7.78. The van der Waals surface area contributed by atoms with E-state index in [4.69, 9.17) is 4.74 Å². The van der Waals surface area contributed by atoms with Crippen LogP contribution in [0, 0.1) is 17.0 Å². The summed E-state index contributed by atoms with van der Waals surface area (Å²) in [4.78, 5) is 23.0. The van der Waals surface area contributed by atoms with Crippen LogP contribution in [0.1, 0.15) is 35.3 Å². The maximum Gasteiger partial charge on any atom is 0.270 e. The summed E-state index contributed by atoms with van der Waals surface area (Å²) in [6, 6.07) is 9.82. The molecular weight excluding hydrogens is 308 g/mol. The van der Waals surface area contributed by atoms with Crippen LogP contribution in [-0.2, 0) is 6.42 Å². The lowest BCUT2D eigenvalue weighted by atomic mass is 10.0. The summed E-state index contributed by atoms with van der Waals surface area (Å²) >= 11 is 0. The van der Waals surface area contributed by atoms with Gasteiger partial charge in [0, 0.05) is 23.4 Å². The van der Waals surface area contributed by atoms with Crippen molar-refractivity contribution in [2.75, 3.05) is 11.9 Å². The molecule has 0 aliphatic heterocycles. The van der Waals surface area contributed by atoms with Gasteiger partial charge in [-0.05, 0) is 55.7 Å². The Morgan fingerprint density at radius 3 is 2.42 bits per heavy atom. The van der Waals surface area contributed by atoms with Crippen LogP contribution in [0.25, 0.3) is 0 Å². The van der Waals surface area contributed by atoms with E-state index in [0.29, 0.717) is 35.6 Å². The van der Waals surface area contributed by atoms with Gasteiger partial charge in [0.1, 0.15) is 5.75 Å². The molecule has 0 saturated carbocycles. The number of anilines is 1. The second-order valence-electron chi connectivity index (χ2n) is 5.32. The lowest BCUT2D eigenvalue weighted by molar-refractivity contribution is -0.384. The van der Waals surface area contributed by atoms with Crippen LogP contribution >= 0.6 is 0 Å². The Morgan fingerprint density at radius 1 is 1.21 bits per heavy atom. The van der Waals surface area contributed by atoms with E-state index in [9.17, 15) is 14.9 Å². The molecule has 6 heteroatoms. The van der Waals surface area contributed by atoms with E-state index in [-0.39, 0.29) is 11.6 Å². The van der Waals surface area contributed by atoms with Crippen LogP contribution in [-0.4, -0.2) is 17.4 Å². The first kappa shape index (κ1) is 17.5. The number of aryl methyl sites for hydroxylation is 2. The van der Waals surface area contributed by atoms with Crippen LogP contribution in [0.5, 0.6) is 5.75 Å². The van der Waals surface area contributed by atoms with Crippen molar-refractivity contribution in [3.05, 3.63) is 63.2 Å². The van der Waals surface area contributed by atoms with E-state index < -0.39 is 4.92 Å². The number of amides is 1. The molecular formula is C18H20N2O4. The second-order valence-corrected chi connectivity index (χ2v) is 5.32. The number of nitro groups is 1. The fraction of sp³-hybridized carbons (Fsp3) is 0.278. The smallest absolute Gasteiger partial charge is 0.270 e. The zero-order chi connectivity index (χ0) is 17.7. The van der Waals surface area contributed by atoms with Gasteiger partial charge in [-0.25, -0.2) is 0 Å². The number of rotatable bonds is 6. The molecule has 0 unspecified atom stereocenters. The molecule has 0 saturated heterocycles. The van der Waals surface area contributed by atoms with Gasteiger partial charge in [-0.15, -0.1) is 0 Å².